The number of morpholine rings is 1. The predicted molar refractivity (Wildman–Crippen MR) is 114 cm³/mol. The van der Waals surface area contributed by atoms with Gasteiger partial charge in [-0.2, -0.15) is 0 Å². The zero-order valence-corrected chi connectivity index (χ0v) is 17.6. The minimum atomic E-state index is -0.426. The predicted octanol–water partition coefficient (Wildman–Crippen LogP) is 4.65. The number of halogens is 2. The average molecular weight is 437 g/mol. The molecule has 6 nitrogen and oxygen atoms in total. The van der Waals surface area contributed by atoms with Crippen molar-refractivity contribution in [2.75, 3.05) is 43.1 Å². The van der Waals surface area contributed by atoms with E-state index in [9.17, 15) is 9.59 Å². The summed E-state index contributed by atoms with van der Waals surface area (Å²) in [6, 6.07) is 9.85. The molecule has 1 N–H and O–H groups in total. The number of carbonyl (C=O) groups is 2. The highest BCUT2D eigenvalue weighted by molar-refractivity contribution is 6.36. The molecule has 1 aliphatic rings. The van der Waals surface area contributed by atoms with Gasteiger partial charge in [-0.25, -0.2) is 4.79 Å². The number of nitrogens with one attached hydrogen (secondary N) is 1. The Morgan fingerprint density at radius 1 is 1.10 bits per heavy atom. The van der Waals surface area contributed by atoms with E-state index in [1.807, 2.05) is 13.0 Å². The molecule has 1 heterocycles. The molecule has 0 spiro atoms. The summed E-state index contributed by atoms with van der Waals surface area (Å²) < 4.78 is 10.7. The molecular weight excluding hydrogens is 415 g/mol. The summed E-state index contributed by atoms with van der Waals surface area (Å²) in [5.41, 5.74) is 1.88. The van der Waals surface area contributed by atoms with Gasteiger partial charge < -0.3 is 19.7 Å². The van der Waals surface area contributed by atoms with Crippen molar-refractivity contribution in [2.24, 2.45) is 0 Å². The molecule has 1 aliphatic heterocycles. The van der Waals surface area contributed by atoms with Crippen LogP contribution in [0.25, 0.3) is 0 Å². The average Bonchev–Trinajstić information content (AvgIpc) is 2.74. The van der Waals surface area contributed by atoms with Crippen molar-refractivity contribution >= 4 is 46.5 Å². The molecule has 1 amide bonds. The number of nitrogens with zero attached hydrogens (tertiary/aromatic N) is 1. The maximum atomic E-state index is 12.6. The van der Waals surface area contributed by atoms with Crippen LogP contribution >= 0.6 is 23.2 Å². The maximum absolute atomic E-state index is 12.6. The van der Waals surface area contributed by atoms with Crippen molar-refractivity contribution < 1.29 is 19.1 Å². The summed E-state index contributed by atoms with van der Waals surface area (Å²) in [6.07, 6.45) is 0.725. The van der Waals surface area contributed by atoms with E-state index >= 15 is 0 Å². The van der Waals surface area contributed by atoms with E-state index in [4.69, 9.17) is 32.7 Å². The van der Waals surface area contributed by atoms with Crippen molar-refractivity contribution in [3.63, 3.8) is 0 Å². The SMILES string of the molecule is CCCOC(=O)c1cc(NC(=O)c2cc(Cl)ccc2Cl)ccc1N1CCOCC1. The first kappa shape index (κ1) is 21.4. The number of amides is 1. The van der Waals surface area contributed by atoms with E-state index in [0.29, 0.717) is 54.2 Å². The van der Waals surface area contributed by atoms with Crippen molar-refractivity contribution in [1.82, 2.24) is 0 Å². The number of anilines is 2. The van der Waals surface area contributed by atoms with Gasteiger partial charge in [0.25, 0.3) is 5.91 Å². The standard InChI is InChI=1S/C21H22Cl2N2O4/c1-2-9-29-21(27)17-13-15(4-6-19(17)25-7-10-28-11-8-25)24-20(26)16-12-14(22)3-5-18(16)23/h3-6,12-13H,2,7-11H2,1H3,(H,24,26). The van der Waals surface area contributed by atoms with Gasteiger partial charge in [0, 0.05) is 23.8 Å². The van der Waals surface area contributed by atoms with E-state index in [2.05, 4.69) is 10.2 Å². The second-order valence-corrected chi connectivity index (χ2v) is 7.39. The molecule has 154 valence electrons. The molecule has 0 radical (unpaired) electrons. The van der Waals surface area contributed by atoms with Crippen LogP contribution in [-0.4, -0.2) is 44.8 Å². The number of benzene rings is 2. The second kappa shape index (κ2) is 9.96. The van der Waals surface area contributed by atoms with Crippen LogP contribution in [0, 0.1) is 0 Å². The summed E-state index contributed by atoms with van der Waals surface area (Å²) in [4.78, 5) is 27.3. The van der Waals surface area contributed by atoms with Crippen LogP contribution in [0.4, 0.5) is 11.4 Å². The lowest BCUT2D eigenvalue weighted by atomic mass is 10.1. The zero-order chi connectivity index (χ0) is 20.8. The molecule has 8 heteroatoms. The van der Waals surface area contributed by atoms with Crippen molar-refractivity contribution in [3.05, 3.63) is 57.6 Å². The summed E-state index contributed by atoms with van der Waals surface area (Å²) in [5.74, 6) is -0.838. The van der Waals surface area contributed by atoms with Crippen molar-refractivity contribution in [2.45, 2.75) is 13.3 Å². The smallest absolute Gasteiger partial charge is 0.340 e. The van der Waals surface area contributed by atoms with Gasteiger partial charge in [0.15, 0.2) is 0 Å². The van der Waals surface area contributed by atoms with Gasteiger partial charge in [-0.05, 0) is 42.8 Å². The van der Waals surface area contributed by atoms with Crippen molar-refractivity contribution in [3.8, 4) is 0 Å². The Labute approximate surface area is 179 Å². The fourth-order valence-electron chi connectivity index (χ4n) is 3.00. The monoisotopic (exact) mass is 436 g/mol. The number of esters is 1. The molecule has 0 unspecified atom stereocenters. The van der Waals surface area contributed by atoms with Gasteiger partial charge in [-0.15, -0.1) is 0 Å². The van der Waals surface area contributed by atoms with Gasteiger partial charge in [0.2, 0.25) is 0 Å². The molecular formula is C21H22Cl2N2O4. The molecule has 2 aromatic rings. The highest BCUT2D eigenvalue weighted by Crippen LogP contribution is 2.27. The molecule has 29 heavy (non-hydrogen) atoms. The first-order chi connectivity index (χ1) is 14.0. The van der Waals surface area contributed by atoms with Crippen LogP contribution in [0.15, 0.2) is 36.4 Å². The number of hydrogen-bond acceptors (Lipinski definition) is 5. The zero-order valence-electron chi connectivity index (χ0n) is 16.0. The highest BCUT2D eigenvalue weighted by atomic mass is 35.5. The fraction of sp³-hybridized carbons (Fsp3) is 0.333. The number of rotatable bonds is 6. The Hall–Kier alpha value is -2.28. The van der Waals surface area contributed by atoms with Gasteiger partial charge in [0.1, 0.15) is 0 Å². The van der Waals surface area contributed by atoms with Gasteiger partial charge in [-0.1, -0.05) is 30.1 Å². The van der Waals surface area contributed by atoms with E-state index in [0.717, 1.165) is 12.1 Å². The Kier molecular flexibility index (Phi) is 7.36. The third-order valence-electron chi connectivity index (χ3n) is 4.44. The third-order valence-corrected chi connectivity index (χ3v) is 5.00. The van der Waals surface area contributed by atoms with E-state index in [-0.39, 0.29) is 5.56 Å². The molecule has 1 saturated heterocycles. The number of carbonyl (C=O) groups excluding carboxylic acids is 2. The normalized spacial score (nSPS) is 13.8. The van der Waals surface area contributed by atoms with E-state index < -0.39 is 11.9 Å². The lowest BCUT2D eigenvalue weighted by molar-refractivity contribution is 0.0504. The van der Waals surface area contributed by atoms with Gasteiger partial charge in [-0.3, -0.25) is 4.79 Å². The Morgan fingerprint density at radius 3 is 2.59 bits per heavy atom. The van der Waals surface area contributed by atoms with Crippen LogP contribution in [0.2, 0.25) is 10.0 Å². The van der Waals surface area contributed by atoms with Crippen molar-refractivity contribution in [1.29, 1.82) is 0 Å². The first-order valence-electron chi connectivity index (χ1n) is 9.40. The summed E-state index contributed by atoms with van der Waals surface area (Å²) in [5, 5.41) is 3.47. The van der Waals surface area contributed by atoms with Gasteiger partial charge in [0.05, 0.1) is 41.7 Å². The minimum Gasteiger partial charge on any atom is -0.462 e. The van der Waals surface area contributed by atoms with Crippen LogP contribution in [-0.2, 0) is 9.47 Å². The molecule has 0 atom stereocenters. The lowest BCUT2D eigenvalue weighted by Gasteiger charge is -2.30. The molecule has 0 aliphatic carbocycles. The Bertz CT molecular complexity index is 898. The first-order valence-corrected chi connectivity index (χ1v) is 10.2. The number of ether oxygens (including phenoxy) is 2. The largest absolute Gasteiger partial charge is 0.462 e. The Morgan fingerprint density at radius 2 is 1.86 bits per heavy atom. The highest BCUT2D eigenvalue weighted by Gasteiger charge is 2.21. The quantitative estimate of drug-likeness (QED) is 0.667. The van der Waals surface area contributed by atoms with E-state index in [1.165, 1.54) is 6.07 Å². The van der Waals surface area contributed by atoms with Crippen LogP contribution in [0.3, 0.4) is 0 Å². The summed E-state index contributed by atoms with van der Waals surface area (Å²) >= 11 is 12.1. The van der Waals surface area contributed by atoms with E-state index in [1.54, 1.807) is 24.3 Å². The molecule has 3 rings (SSSR count). The lowest BCUT2D eigenvalue weighted by Crippen LogP contribution is -2.37. The molecule has 0 saturated carbocycles. The number of hydrogen-bond donors (Lipinski definition) is 1. The minimum absolute atomic E-state index is 0.256. The van der Waals surface area contributed by atoms with Gasteiger partial charge >= 0.3 is 5.97 Å². The van der Waals surface area contributed by atoms with Crippen LogP contribution < -0.4 is 10.2 Å². The summed E-state index contributed by atoms with van der Waals surface area (Å²) in [7, 11) is 0. The second-order valence-electron chi connectivity index (χ2n) is 6.55. The molecule has 1 fully saturated rings. The third kappa shape index (κ3) is 5.41. The molecule has 2 aromatic carbocycles. The molecule has 0 bridgehead atoms. The molecule has 0 aromatic heterocycles. The van der Waals surface area contributed by atoms with Crippen LogP contribution in [0.5, 0.6) is 0 Å². The van der Waals surface area contributed by atoms with Crippen LogP contribution in [0.1, 0.15) is 34.1 Å². The fourth-order valence-corrected chi connectivity index (χ4v) is 3.38. The Balaban J connectivity index is 1.88. The topological polar surface area (TPSA) is 67.9 Å². The maximum Gasteiger partial charge on any atom is 0.340 e. The summed E-state index contributed by atoms with van der Waals surface area (Å²) in [6.45, 7) is 4.80.